The van der Waals surface area contributed by atoms with Gasteiger partial charge in [-0.15, -0.1) is 0 Å². The van der Waals surface area contributed by atoms with Gasteiger partial charge in [-0.1, -0.05) is 0 Å². The SMILES string of the molecule is Cc1cn(C2CC(NS(C)(=O)=O)C(CO)O2)c(=O)[nH]c1=O. The lowest BCUT2D eigenvalue weighted by Crippen LogP contribution is -2.41. The van der Waals surface area contributed by atoms with Crippen LogP contribution in [-0.2, 0) is 14.8 Å². The van der Waals surface area contributed by atoms with Gasteiger partial charge in [0.25, 0.3) is 5.56 Å². The molecule has 2 heterocycles. The molecule has 21 heavy (non-hydrogen) atoms. The number of hydrogen-bond donors (Lipinski definition) is 3. The second kappa shape index (κ2) is 5.72. The summed E-state index contributed by atoms with van der Waals surface area (Å²) in [5, 5.41) is 9.26. The minimum atomic E-state index is -3.47. The number of nitrogens with zero attached hydrogens (tertiary/aromatic N) is 1. The zero-order valence-electron chi connectivity index (χ0n) is 11.6. The summed E-state index contributed by atoms with van der Waals surface area (Å²) in [5.41, 5.74) is -0.802. The molecular formula is C11H17N3O6S. The molecule has 1 aliphatic rings. The van der Waals surface area contributed by atoms with Gasteiger partial charge in [0.05, 0.1) is 25.0 Å². The molecule has 10 heteroatoms. The summed E-state index contributed by atoms with van der Waals surface area (Å²) in [6.07, 6.45) is 1.01. The third-order valence-electron chi connectivity index (χ3n) is 3.24. The molecule has 0 amide bonds. The smallest absolute Gasteiger partial charge is 0.330 e. The number of ether oxygens (including phenoxy) is 1. The summed E-state index contributed by atoms with van der Waals surface area (Å²) < 4.78 is 31.6. The van der Waals surface area contributed by atoms with Crippen molar-refractivity contribution in [2.24, 2.45) is 0 Å². The van der Waals surface area contributed by atoms with Gasteiger partial charge in [-0.3, -0.25) is 14.3 Å². The lowest BCUT2D eigenvalue weighted by molar-refractivity contribution is -0.0279. The third kappa shape index (κ3) is 3.59. The second-order valence-corrected chi connectivity index (χ2v) is 6.80. The van der Waals surface area contributed by atoms with Crippen LogP contribution in [0.5, 0.6) is 0 Å². The van der Waals surface area contributed by atoms with Gasteiger partial charge in [-0.25, -0.2) is 17.9 Å². The lowest BCUT2D eigenvalue weighted by atomic mass is 10.1. The van der Waals surface area contributed by atoms with Crippen molar-refractivity contribution < 1.29 is 18.3 Å². The van der Waals surface area contributed by atoms with E-state index in [4.69, 9.17) is 4.74 Å². The van der Waals surface area contributed by atoms with Crippen LogP contribution >= 0.6 is 0 Å². The van der Waals surface area contributed by atoms with E-state index in [9.17, 15) is 23.1 Å². The van der Waals surface area contributed by atoms with Gasteiger partial charge in [-0.2, -0.15) is 0 Å². The van der Waals surface area contributed by atoms with Crippen molar-refractivity contribution in [3.63, 3.8) is 0 Å². The second-order valence-electron chi connectivity index (χ2n) is 5.02. The first-order valence-electron chi connectivity index (χ1n) is 6.27. The molecule has 0 spiro atoms. The van der Waals surface area contributed by atoms with Crippen molar-refractivity contribution in [3.8, 4) is 0 Å². The zero-order chi connectivity index (χ0) is 15.8. The number of aryl methyl sites for hydroxylation is 1. The predicted octanol–water partition coefficient (Wildman–Crippen LogP) is -1.96. The zero-order valence-corrected chi connectivity index (χ0v) is 12.4. The van der Waals surface area contributed by atoms with E-state index < -0.39 is 39.6 Å². The largest absolute Gasteiger partial charge is 0.394 e. The molecule has 1 aliphatic heterocycles. The molecule has 2 rings (SSSR count). The number of sulfonamides is 1. The van der Waals surface area contributed by atoms with E-state index in [0.29, 0.717) is 5.56 Å². The van der Waals surface area contributed by atoms with E-state index in [1.807, 2.05) is 0 Å². The van der Waals surface area contributed by atoms with Gasteiger partial charge in [0.1, 0.15) is 6.23 Å². The Labute approximate surface area is 120 Å². The van der Waals surface area contributed by atoms with Gasteiger partial charge in [0.15, 0.2) is 0 Å². The molecule has 0 saturated carbocycles. The molecule has 3 unspecified atom stereocenters. The Morgan fingerprint density at radius 2 is 2.19 bits per heavy atom. The van der Waals surface area contributed by atoms with Crippen LogP contribution in [-0.4, -0.2) is 48.1 Å². The number of aliphatic hydroxyl groups excluding tert-OH is 1. The first-order chi connectivity index (χ1) is 9.71. The first kappa shape index (κ1) is 15.9. The molecule has 1 aromatic heterocycles. The van der Waals surface area contributed by atoms with Crippen molar-refractivity contribution >= 4 is 10.0 Å². The molecule has 3 N–H and O–H groups in total. The van der Waals surface area contributed by atoms with Crippen molar-refractivity contribution in [3.05, 3.63) is 32.6 Å². The number of rotatable bonds is 4. The van der Waals surface area contributed by atoms with E-state index >= 15 is 0 Å². The topological polar surface area (TPSA) is 130 Å². The Hall–Kier alpha value is -1.49. The Bertz CT molecular complexity index is 737. The summed E-state index contributed by atoms with van der Waals surface area (Å²) in [6, 6.07) is -0.644. The molecular weight excluding hydrogens is 302 g/mol. The van der Waals surface area contributed by atoms with E-state index in [1.165, 1.54) is 10.8 Å². The molecule has 3 atom stereocenters. The van der Waals surface area contributed by atoms with E-state index in [-0.39, 0.29) is 13.0 Å². The van der Waals surface area contributed by atoms with Gasteiger partial charge >= 0.3 is 5.69 Å². The van der Waals surface area contributed by atoms with Crippen molar-refractivity contribution in [1.29, 1.82) is 0 Å². The number of aromatic nitrogens is 2. The van der Waals surface area contributed by atoms with Crippen molar-refractivity contribution in [1.82, 2.24) is 14.3 Å². The summed E-state index contributed by atoms with van der Waals surface area (Å²) >= 11 is 0. The molecule has 0 aromatic carbocycles. The third-order valence-corrected chi connectivity index (χ3v) is 3.97. The highest BCUT2D eigenvalue weighted by Crippen LogP contribution is 2.27. The highest BCUT2D eigenvalue weighted by molar-refractivity contribution is 7.88. The number of H-pyrrole nitrogens is 1. The standard InChI is InChI=1S/C11H17N3O6S/c1-6-4-14(11(17)12-10(6)16)9-3-7(8(5-15)20-9)13-21(2,18)19/h4,7-9,13,15H,3,5H2,1-2H3,(H,12,16,17). The minimum Gasteiger partial charge on any atom is -0.394 e. The fourth-order valence-electron chi connectivity index (χ4n) is 2.27. The Kier molecular flexibility index (Phi) is 4.33. The molecule has 1 saturated heterocycles. The Balaban J connectivity index is 2.29. The summed E-state index contributed by atoms with van der Waals surface area (Å²) in [4.78, 5) is 25.3. The monoisotopic (exact) mass is 319 g/mol. The van der Waals surface area contributed by atoms with Gasteiger partial charge in [0, 0.05) is 18.2 Å². The summed E-state index contributed by atoms with van der Waals surface area (Å²) in [5.74, 6) is 0. The van der Waals surface area contributed by atoms with Crippen LogP contribution < -0.4 is 16.0 Å². The van der Waals surface area contributed by atoms with E-state index in [2.05, 4.69) is 9.71 Å². The number of aliphatic hydroxyl groups is 1. The number of hydrogen-bond acceptors (Lipinski definition) is 6. The van der Waals surface area contributed by atoms with Crippen molar-refractivity contribution in [2.75, 3.05) is 12.9 Å². The molecule has 118 valence electrons. The van der Waals surface area contributed by atoms with E-state index in [1.54, 1.807) is 6.92 Å². The van der Waals surface area contributed by atoms with Crippen LogP contribution in [0.4, 0.5) is 0 Å². The quantitative estimate of drug-likeness (QED) is 0.591. The highest BCUT2D eigenvalue weighted by atomic mass is 32.2. The van der Waals surface area contributed by atoms with Crippen LogP contribution in [0.3, 0.4) is 0 Å². The fraction of sp³-hybridized carbons (Fsp3) is 0.636. The normalized spacial score (nSPS) is 26.1. The lowest BCUT2D eigenvalue weighted by Gasteiger charge is -2.16. The van der Waals surface area contributed by atoms with Gasteiger partial charge in [0.2, 0.25) is 10.0 Å². The minimum absolute atomic E-state index is 0.170. The average Bonchev–Trinajstić information content (AvgIpc) is 2.74. The molecule has 9 nitrogen and oxygen atoms in total. The molecule has 0 bridgehead atoms. The molecule has 1 aromatic rings. The van der Waals surface area contributed by atoms with Gasteiger partial charge < -0.3 is 9.84 Å². The van der Waals surface area contributed by atoms with Crippen LogP contribution in [0, 0.1) is 6.92 Å². The van der Waals surface area contributed by atoms with E-state index in [0.717, 1.165) is 6.26 Å². The maximum absolute atomic E-state index is 11.8. The first-order valence-corrected chi connectivity index (χ1v) is 8.16. The van der Waals surface area contributed by atoms with Crippen LogP contribution in [0.15, 0.2) is 15.8 Å². The maximum Gasteiger partial charge on any atom is 0.330 e. The molecule has 0 radical (unpaired) electrons. The predicted molar refractivity (Wildman–Crippen MR) is 73.4 cm³/mol. The fourth-order valence-corrected chi connectivity index (χ4v) is 3.07. The maximum atomic E-state index is 11.8. The molecule has 1 fully saturated rings. The summed E-state index contributed by atoms with van der Waals surface area (Å²) in [6.45, 7) is 1.15. The van der Waals surface area contributed by atoms with Gasteiger partial charge in [-0.05, 0) is 6.92 Å². The van der Waals surface area contributed by atoms with Crippen LogP contribution in [0.2, 0.25) is 0 Å². The van der Waals surface area contributed by atoms with Crippen LogP contribution in [0.25, 0.3) is 0 Å². The highest BCUT2D eigenvalue weighted by Gasteiger charge is 2.37. The Morgan fingerprint density at radius 1 is 1.52 bits per heavy atom. The molecule has 0 aliphatic carbocycles. The van der Waals surface area contributed by atoms with Crippen LogP contribution in [0.1, 0.15) is 18.2 Å². The summed E-state index contributed by atoms with van der Waals surface area (Å²) in [7, 11) is -3.47. The number of nitrogens with one attached hydrogen (secondary N) is 2. The number of aromatic amines is 1. The Morgan fingerprint density at radius 3 is 2.76 bits per heavy atom. The average molecular weight is 319 g/mol. The van der Waals surface area contributed by atoms with Crippen molar-refractivity contribution in [2.45, 2.75) is 31.7 Å².